The lowest BCUT2D eigenvalue weighted by Gasteiger charge is -2.12. The minimum Gasteiger partial charge on any atom is -0.388 e. The molecule has 0 aliphatic heterocycles. The number of carbonyl (C=O) groups excluding carboxylic acids is 1. The molecule has 0 saturated carbocycles. The Hall–Kier alpha value is -2.28. The predicted octanol–water partition coefficient (Wildman–Crippen LogP) is 2.46. The summed E-state index contributed by atoms with van der Waals surface area (Å²) in [4.78, 5) is 19.1. The average Bonchev–Trinajstić information content (AvgIpc) is 2.52. The maximum absolute atomic E-state index is 12.9. The molecule has 1 aromatic carbocycles. The lowest BCUT2D eigenvalue weighted by molar-refractivity contribution is -0.138. The fourth-order valence-corrected chi connectivity index (χ4v) is 1.98. The summed E-state index contributed by atoms with van der Waals surface area (Å²) in [6, 6.07) is 5.36. The van der Waals surface area contributed by atoms with Crippen LogP contribution in [-0.4, -0.2) is 27.5 Å². The van der Waals surface area contributed by atoms with Gasteiger partial charge >= 0.3 is 6.18 Å². The predicted molar refractivity (Wildman–Crippen MR) is 72.3 cm³/mol. The van der Waals surface area contributed by atoms with Crippen LogP contribution in [0.1, 0.15) is 27.3 Å². The molecule has 0 saturated heterocycles. The molecule has 0 radical (unpaired) electrons. The van der Waals surface area contributed by atoms with E-state index in [0.717, 1.165) is 6.07 Å². The van der Waals surface area contributed by atoms with Crippen LogP contribution in [0.5, 0.6) is 0 Å². The molecule has 0 atom stereocenters. The van der Waals surface area contributed by atoms with Crippen LogP contribution in [0.25, 0.3) is 0 Å². The summed E-state index contributed by atoms with van der Waals surface area (Å²) < 4.78 is 38.6. The number of carbonyl (C=O) groups is 1. The summed E-state index contributed by atoms with van der Waals surface area (Å²) in [7, 11) is 0. The maximum atomic E-state index is 12.9. The van der Waals surface area contributed by atoms with Crippen LogP contribution in [0.2, 0.25) is 0 Å². The molecule has 0 unspecified atom stereocenters. The molecule has 1 aromatic heterocycles. The molecule has 116 valence electrons. The van der Waals surface area contributed by atoms with E-state index in [4.69, 9.17) is 5.11 Å². The van der Waals surface area contributed by atoms with Crippen LogP contribution in [0.15, 0.2) is 36.7 Å². The molecule has 4 nitrogen and oxygen atoms in total. The van der Waals surface area contributed by atoms with E-state index in [1.54, 1.807) is 6.07 Å². The van der Waals surface area contributed by atoms with Gasteiger partial charge in [0.05, 0.1) is 11.1 Å². The van der Waals surface area contributed by atoms with Crippen molar-refractivity contribution in [1.82, 2.24) is 9.97 Å². The number of aliphatic hydroxyl groups is 1. The normalized spacial score (nSPS) is 11.5. The largest absolute Gasteiger partial charge is 0.416 e. The van der Waals surface area contributed by atoms with Gasteiger partial charge in [0.1, 0.15) is 12.4 Å². The molecule has 0 amide bonds. The van der Waals surface area contributed by atoms with E-state index in [1.807, 2.05) is 0 Å². The number of benzene rings is 1. The fourth-order valence-electron chi connectivity index (χ4n) is 1.98. The van der Waals surface area contributed by atoms with Gasteiger partial charge in [-0.2, -0.15) is 13.2 Å². The fraction of sp³-hybridized carbons (Fsp3) is 0.267. The van der Waals surface area contributed by atoms with Gasteiger partial charge in [-0.3, -0.25) is 4.79 Å². The van der Waals surface area contributed by atoms with Crippen molar-refractivity contribution in [2.75, 3.05) is 6.61 Å². The third-order valence-corrected chi connectivity index (χ3v) is 3.11. The quantitative estimate of drug-likeness (QED) is 0.862. The second kappa shape index (κ2) is 6.65. The van der Waals surface area contributed by atoms with Gasteiger partial charge in [-0.05, 0) is 18.1 Å². The molecule has 0 aliphatic carbocycles. The van der Waals surface area contributed by atoms with Gasteiger partial charge in [0, 0.05) is 18.8 Å². The highest BCUT2D eigenvalue weighted by atomic mass is 19.4. The summed E-state index contributed by atoms with van der Waals surface area (Å²) in [6.07, 6.45) is -1.51. The van der Waals surface area contributed by atoms with Crippen molar-refractivity contribution in [1.29, 1.82) is 0 Å². The van der Waals surface area contributed by atoms with Crippen LogP contribution in [0, 0.1) is 0 Å². The standard InChI is InChI=1S/C15H13F3N2O2/c16-15(17,18)12-4-2-1-3-10(12)5-6-14-19-7-11(8-20-14)13(22)9-21/h1-4,7-8,21H,5-6,9H2. The first-order chi connectivity index (χ1) is 10.4. The first-order valence-corrected chi connectivity index (χ1v) is 6.52. The first kappa shape index (κ1) is 16.1. The minimum absolute atomic E-state index is 0.142. The number of aromatic nitrogens is 2. The number of rotatable bonds is 5. The van der Waals surface area contributed by atoms with Crippen LogP contribution in [0.3, 0.4) is 0 Å². The zero-order valence-electron chi connectivity index (χ0n) is 11.5. The average molecular weight is 310 g/mol. The van der Waals surface area contributed by atoms with Gasteiger partial charge in [-0.1, -0.05) is 18.2 Å². The van der Waals surface area contributed by atoms with E-state index >= 15 is 0 Å². The Bertz CT molecular complexity index is 655. The lowest BCUT2D eigenvalue weighted by atomic mass is 10.0. The number of hydrogen-bond donors (Lipinski definition) is 1. The van der Waals surface area contributed by atoms with E-state index in [1.165, 1.54) is 24.5 Å². The zero-order chi connectivity index (χ0) is 16.2. The van der Waals surface area contributed by atoms with E-state index in [2.05, 4.69) is 9.97 Å². The Balaban J connectivity index is 2.09. The van der Waals surface area contributed by atoms with Gasteiger partial charge in [-0.15, -0.1) is 0 Å². The van der Waals surface area contributed by atoms with Gasteiger partial charge in [0.2, 0.25) is 0 Å². The van der Waals surface area contributed by atoms with E-state index < -0.39 is 24.1 Å². The SMILES string of the molecule is O=C(CO)c1cnc(CCc2ccccc2C(F)(F)F)nc1. The molecular weight excluding hydrogens is 297 g/mol. The van der Waals surface area contributed by atoms with Crippen LogP contribution < -0.4 is 0 Å². The molecular formula is C15H13F3N2O2. The van der Waals surface area contributed by atoms with Crippen molar-refractivity contribution in [3.63, 3.8) is 0 Å². The van der Waals surface area contributed by atoms with Crippen LogP contribution >= 0.6 is 0 Å². The Labute approximate surface area is 124 Å². The number of aryl methyl sites for hydroxylation is 2. The second-order valence-electron chi connectivity index (χ2n) is 4.62. The van der Waals surface area contributed by atoms with Crippen molar-refractivity contribution in [3.05, 3.63) is 59.2 Å². The Morgan fingerprint density at radius 3 is 2.32 bits per heavy atom. The molecule has 0 fully saturated rings. The highest BCUT2D eigenvalue weighted by Gasteiger charge is 2.32. The third-order valence-electron chi connectivity index (χ3n) is 3.11. The molecule has 22 heavy (non-hydrogen) atoms. The molecule has 2 aromatic rings. The summed E-state index contributed by atoms with van der Waals surface area (Å²) in [5, 5.41) is 8.70. The minimum atomic E-state index is -4.39. The van der Waals surface area contributed by atoms with Crippen molar-refractivity contribution < 1.29 is 23.1 Å². The monoisotopic (exact) mass is 310 g/mol. The second-order valence-corrected chi connectivity index (χ2v) is 4.62. The van der Waals surface area contributed by atoms with Crippen LogP contribution in [0.4, 0.5) is 13.2 Å². The number of ketones is 1. The van der Waals surface area contributed by atoms with E-state index in [-0.39, 0.29) is 24.0 Å². The molecule has 0 aliphatic rings. The Morgan fingerprint density at radius 1 is 1.09 bits per heavy atom. The summed E-state index contributed by atoms with van der Waals surface area (Å²) >= 11 is 0. The van der Waals surface area contributed by atoms with Gasteiger partial charge < -0.3 is 5.11 Å². The molecule has 1 heterocycles. The number of halogens is 3. The highest BCUT2D eigenvalue weighted by Crippen LogP contribution is 2.32. The first-order valence-electron chi connectivity index (χ1n) is 6.52. The van der Waals surface area contributed by atoms with Crippen molar-refractivity contribution in [2.45, 2.75) is 19.0 Å². The molecule has 7 heteroatoms. The lowest BCUT2D eigenvalue weighted by Crippen LogP contribution is -2.11. The van der Waals surface area contributed by atoms with Gasteiger partial charge in [0.25, 0.3) is 0 Å². The summed E-state index contributed by atoms with van der Waals surface area (Å²) in [5.41, 5.74) is -0.321. The number of alkyl halides is 3. The number of Topliss-reactive ketones (excluding diaryl/α,β-unsaturated/α-hetero) is 1. The van der Waals surface area contributed by atoms with Crippen molar-refractivity contribution in [2.24, 2.45) is 0 Å². The van der Waals surface area contributed by atoms with Crippen molar-refractivity contribution >= 4 is 5.78 Å². The smallest absolute Gasteiger partial charge is 0.388 e. The molecule has 2 rings (SSSR count). The van der Waals surface area contributed by atoms with E-state index in [9.17, 15) is 18.0 Å². The molecule has 1 N–H and O–H groups in total. The third kappa shape index (κ3) is 3.88. The van der Waals surface area contributed by atoms with Crippen molar-refractivity contribution in [3.8, 4) is 0 Å². The van der Waals surface area contributed by atoms with Gasteiger partial charge in [0.15, 0.2) is 5.78 Å². The topological polar surface area (TPSA) is 63.1 Å². The van der Waals surface area contributed by atoms with E-state index in [0.29, 0.717) is 5.82 Å². The van der Waals surface area contributed by atoms with Gasteiger partial charge in [-0.25, -0.2) is 9.97 Å². The maximum Gasteiger partial charge on any atom is 0.416 e. The Morgan fingerprint density at radius 2 is 1.73 bits per heavy atom. The number of hydrogen-bond acceptors (Lipinski definition) is 4. The number of nitrogens with zero attached hydrogens (tertiary/aromatic N) is 2. The Kier molecular flexibility index (Phi) is 4.87. The van der Waals surface area contributed by atoms with Crippen LogP contribution in [-0.2, 0) is 19.0 Å². The number of aliphatic hydroxyl groups excluding tert-OH is 1. The zero-order valence-corrected chi connectivity index (χ0v) is 11.5. The molecule has 0 bridgehead atoms. The summed E-state index contributed by atoms with van der Waals surface area (Å²) in [5.74, 6) is -0.166. The highest BCUT2D eigenvalue weighted by molar-refractivity contribution is 5.96. The summed E-state index contributed by atoms with van der Waals surface area (Å²) in [6.45, 7) is -0.637. The molecule has 0 spiro atoms.